The van der Waals surface area contributed by atoms with Crippen LogP contribution in [0.2, 0.25) is 0 Å². The molecule has 0 aliphatic rings. The summed E-state index contributed by atoms with van der Waals surface area (Å²) in [6.45, 7) is 10.7. The highest BCUT2D eigenvalue weighted by Gasteiger charge is 2.24. The molecule has 1 amide bonds. The van der Waals surface area contributed by atoms with Crippen LogP contribution < -0.4 is 21.9 Å². The molecule has 1 aromatic heterocycles. The first-order valence-electron chi connectivity index (χ1n) is 10.1. The first kappa shape index (κ1) is 23.0. The van der Waals surface area contributed by atoms with Crippen LogP contribution in [0.3, 0.4) is 0 Å². The number of aromatic nitrogens is 2. The third-order valence-corrected chi connectivity index (χ3v) is 4.60. The molecule has 0 aliphatic heterocycles. The zero-order valence-electron chi connectivity index (χ0n) is 17.2. The van der Waals surface area contributed by atoms with Crippen molar-refractivity contribution in [3.8, 4) is 0 Å². The molecule has 0 unspecified atom stereocenters. The minimum atomic E-state index is -0.606. The number of rotatable bonds is 12. The zero-order valence-corrected chi connectivity index (χ0v) is 17.2. The number of H-pyrrole nitrogens is 1. The summed E-state index contributed by atoms with van der Waals surface area (Å²) in [5, 5.41) is 0. The number of hydrogen-bond acceptors (Lipinski definition) is 5. The number of nitrogens with one attached hydrogen (secondary N) is 1. The fraction of sp³-hybridized carbons (Fsp3) is 0.737. The topological polar surface area (TPSA) is 104 Å². The maximum absolute atomic E-state index is 13.0. The van der Waals surface area contributed by atoms with Gasteiger partial charge in [0.2, 0.25) is 5.91 Å². The maximum atomic E-state index is 13.0. The lowest BCUT2D eigenvalue weighted by molar-refractivity contribution is -0.119. The van der Waals surface area contributed by atoms with Gasteiger partial charge in [-0.15, -0.1) is 0 Å². The van der Waals surface area contributed by atoms with Crippen LogP contribution in [0.4, 0.5) is 11.5 Å². The minimum absolute atomic E-state index is 0.0617. The Hall–Kier alpha value is -2.09. The van der Waals surface area contributed by atoms with Crippen molar-refractivity contribution in [3.63, 3.8) is 0 Å². The SMILES string of the molecule is CCCCN(CC)CC(=O)N(CCCC)c1c(N)n(CCC)c(=O)[nH]c1=O. The molecule has 8 heteroatoms. The van der Waals surface area contributed by atoms with Gasteiger partial charge in [0.05, 0.1) is 6.54 Å². The van der Waals surface area contributed by atoms with Gasteiger partial charge < -0.3 is 10.6 Å². The van der Waals surface area contributed by atoms with E-state index in [0.717, 1.165) is 38.8 Å². The highest BCUT2D eigenvalue weighted by molar-refractivity contribution is 5.96. The van der Waals surface area contributed by atoms with Crippen LogP contribution in [0, 0.1) is 0 Å². The van der Waals surface area contributed by atoms with Crippen molar-refractivity contribution < 1.29 is 4.79 Å². The molecule has 8 nitrogen and oxygen atoms in total. The molecule has 1 rings (SSSR count). The number of likely N-dealkylation sites (N-methyl/N-ethyl adjacent to an activating group) is 1. The Balaban J connectivity index is 3.27. The van der Waals surface area contributed by atoms with E-state index in [1.807, 2.05) is 20.8 Å². The quantitative estimate of drug-likeness (QED) is 0.574. The van der Waals surface area contributed by atoms with Crippen molar-refractivity contribution >= 4 is 17.4 Å². The molecule has 3 N–H and O–H groups in total. The molecule has 0 radical (unpaired) electrons. The van der Waals surface area contributed by atoms with Crippen LogP contribution in [0.5, 0.6) is 0 Å². The number of amides is 1. The molecule has 1 heterocycles. The monoisotopic (exact) mass is 381 g/mol. The number of aromatic amines is 1. The zero-order chi connectivity index (χ0) is 20.4. The van der Waals surface area contributed by atoms with Gasteiger partial charge >= 0.3 is 5.69 Å². The molecule has 0 atom stereocenters. The molecule has 1 aromatic rings. The number of unbranched alkanes of at least 4 members (excludes halogenated alkanes) is 2. The average Bonchev–Trinajstić information content (AvgIpc) is 2.64. The summed E-state index contributed by atoms with van der Waals surface area (Å²) in [6.07, 6.45) is 4.39. The molecule has 27 heavy (non-hydrogen) atoms. The third-order valence-electron chi connectivity index (χ3n) is 4.60. The van der Waals surface area contributed by atoms with E-state index in [4.69, 9.17) is 5.73 Å². The van der Waals surface area contributed by atoms with E-state index >= 15 is 0 Å². The number of nitrogen functional groups attached to an aromatic ring is 1. The Morgan fingerprint density at radius 2 is 1.67 bits per heavy atom. The second-order valence-corrected chi connectivity index (χ2v) is 6.77. The minimum Gasteiger partial charge on any atom is -0.383 e. The van der Waals surface area contributed by atoms with Crippen LogP contribution in [-0.4, -0.2) is 46.5 Å². The van der Waals surface area contributed by atoms with Gasteiger partial charge in [0.1, 0.15) is 5.82 Å². The van der Waals surface area contributed by atoms with Crippen LogP contribution in [0.25, 0.3) is 0 Å². The second kappa shape index (κ2) is 11.6. The first-order chi connectivity index (χ1) is 12.9. The standard InChI is InChI=1S/C19H35N5O3/c1-5-9-12-22(8-4)14-15(25)23(13-10-6-2)16-17(20)24(11-7-3)19(27)21-18(16)26/h5-14,20H2,1-4H3,(H,21,26,27). The summed E-state index contributed by atoms with van der Waals surface area (Å²) in [4.78, 5) is 43.4. The number of carbonyl (C=O) groups excluding carboxylic acids is 1. The van der Waals surface area contributed by atoms with Gasteiger partial charge in [-0.1, -0.05) is 40.5 Å². The Morgan fingerprint density at radius 1 is 1.04 bits per heavy atom. The number of carbonyl (C=O) groups is 1. The molecule has 0 aliphatic carbocycles. The lowest BCUT2D eigenvalue weighted by Gasteiger charge is -2.27. The summed E-state index contributed by atoms with van der Waals surface area (Å²) < 4.78 is 1.33. The van der Waals surface area contributed by atoms with Crippen LogP contribution >= 0.6 is 0 Å². The smallest absolute Gasteiger partial charge is 0.330 e. The average molecular weight is 382 g/mol. The van der Waals surface area contributed by atoms with Crippen LogP contribution in [-0.2, 0) is 11.3 Å². The van der Waals surface area contributed by atoms with E-state index in [1.54, 1.807) is 0 Å². The van der Waals surface area contributed by atoms with E-state index in [2.05, 4.69) is 16.8 Å². The van der Waals surface area contributed by atoms with Crippen molar-refractivity contribution in [1.82, 2.24) is 14.5 Å². The lowest BCUT2D eigenvalue weighted by Crippen LogP contribution is -2.45. The lowest BCUT2D eigenvalue weighted by atomic mass is 10.2. The van der Waals surface area contributed by atoms with Crippen molar-refractivity contribution in [1.29, 1.82) is 0 Å². The molecule has 0 aromatic carbocycles. The largest absolute Gasteiger partial charge is 0.383 e. The fourth-order valence-corrected chi connectivity index (χ4v) is 2.97. The van der Waals surface area contributed by atoms with Crippen molar-refractivity contribution in [3.05, 3.63) is 20.8 Å². The van der Waals surface area contributed by atoms with E-state index < -0.39 is 11.2 Å². The summed E-state index contributed by atoms with van der Waals surface area (Å²) in [7, 11) is 0. The Morgan fingerprint density at radius 3 is 2.22 bits per heavy atom. The Bertz CT molecular complexity index is 710. The predicted octanol–water partition coefficient (Wildman–Crippen LogP) is 1.78. The van der Waals surface area contributed by atoms with Crippen molar-refractivity contribution in [2.75, 3.05) is 36.8 Å². The van der Waals surface area contributed by atoms with E-state index in [9.17, 15) is 14.4 Å². The number of nitrogens with zero attached hydrogens (tertiary/aromatic N) is 3. The van der Waals surface area contributed by atoms with Crippen molar-refractivity contribution in [2.24, 2.45) is 0 Å². The van der Waals surface area contributed by atoms with Gasteiger partial charge in [-0.05, 0) is 32.4 Å². The third kappa shape index (κ3) is 6.23. The van der Waals surface area contributed by atoms with E-state index in [-0.39, 0.29) is 24.0 Å². The molecule has 154 valence electrons. The fourth-order valence-electron chi connectivity index (χ4n) is 2.97. The molecular weight excluding hydrogens is 346 g/mol. The summed E-state index contributed by atoms with van der Waals surface area (Å²) in [5.74, 6) is -0.105. The van der Waals surface area contributed by atoms with Crippen LogP contribution in [0.1, 0.15) is 59.8 Å². The van der Waals surface area contributed by atoms with Crippen molar-refractivity contribution in [2.45, 2.75) is 66.3 Å². The maximum Gasteiger partial charge on any atom is 0.330 e. The molecule has 0 saturated heterocycles. The second-order valence-electron chi connectivity index (χ2n) is 6.77. The normalized spacial score (nSPS) is 11.1. The van der Waals surface area contributed by atoms with Gasteiger partial charge in [-0.3, -0.25) is 24.0 Å². The summed E-state index contributed by atoms with van der Waals surface area (Å²) >= 11 is 0. The van der Waals surface area contributed by atoms with E-state index in [0.29, 0.717) is 19.5 Å². The molecule has 0 fully saturated rings. The number of nitrogens with two attached hydrogens (primary N) is 1. The first-order valence-corrected chi connectivity index (χ1v) is 10.1. The van der Waals surface area contributed by atoms with Gasteiger partial charge in [0.15, 0.2) is 5.69 Å². The van der Waals surface area contributed by atoms with E-state index in [1.165, 1.54) is 9.47 Å². The summed E-state index contributed by atoms with van der Waals surface area (Å²) in [5.41, 5.74) is 5.11. The highest BCUT2D eigenvalue weighted by atomic mass is 16.2. The Kier molecular flexibility index (Phi) is 9.85. The highest BCUT2D eigenvalue weighted by Crippen LogP contribution is 2.18. The van der Waals surface area contributed by atoms with Gasteiger partial charge in [0, 0.05) is 13.1 Å². The summed E-state index contributed by atoms with van der Waals surface area (Å²) in [6, 6.07) is 0. The molecule has 0 saturated carbocycles. The molecular formula is C19H35N5O3. The Labute approximate surface area is 161 Å². The molecule has 0 spiro atoms. The van der Waals surface area contributed by atoms with Crippen LogP contribution in [0.15, 0.2) is 9.59 Å². The number of anilines is 2. The van der Waals surface area contributed by atoms with Gasteiger partial charge in [-0.25, -0.2) is 4.79 Å². The van der Waals surface area contributed by atoms with Gasteiger partial charge in [-0.2, -0.15) is 0 Å². The van der Waals surface area contributed by atoms with Gasteiger partial charge in [0.25, 0.3) is 5.56 Å². The molecule has 0 bridgehead atoms. The number of hydrogen-bond donors (Lipinski definition) is 2. The predicted molar refractivity (Wildman–Crippen MR) is 110 cm³/mol.